The van der Waals surface area contributed by atoms with Crippen molar-refractivity contribution < 1.29 is 28.6 Å². The second kappa shape index (κ2) is 38.6. The lowest BCUT2D eigenvalue weighted by Gasteiger charge is -2.18. The van der Waals surface area contributed by atoms with Crippen molar-refractivity contribution in [2.45, 2.75) is 246 Å². The van der Waals surface area contributed by atoms with E-state index in [1.807, 2.05) is 0 Å². The number of carbonyl (C=O) groups excluding carboxylic acids is 3. The molecule has 296 valence electrons. The summed E-state index contributed by atoms with van der Waals surface area (Å²) in [6, 6.07) is 0. The first-order valence-electron chi connectivity index (χ1n) is 21.9. The Morgan fingerprint density at radius 2 is 0.660 bits per heavy atom. The Morgan fingerprint density at radius 3 is 0.980 bits per heavy atom. The van der Waals surface area contributed by atoms with Gasteiger partial charge >= 0.3 is 17.9 Å². The molecule has 0 bridgehead atoms. The fourth-order valence-corrected chi connectivity index (χ4v) is 6.45. The molecule has 0 fully saturated rings. The molecule has 50 heavy (non-hydrogen) atoms. The molecule has 0 radical (unpaired) electrons. The maximum absolute atomic E-state index is 12.5. The molecule has 0 aliphatic rings. The number of hydrogen-bond donors (Lipinski definition) is 0. The summed E-state index contributed by atoms with van der Waals surface area (Å²) in [5.74, 6) is -0.0928. The van der Waals surface area contributed by atoms with Crippen molar-refractivity contribution in [3.8, 4) is 0 Å². The normalized spacial score (nSPS) is 11.9. The third-order valence-electron chi connectivity index (χ3n) is 9.79. The van der Waals surface area contributed by atoms with Crippen molar-refractivity contribution in [3.05, 3.63) is 0 Å². The van der Waals surface area contributed by atoms with E-state index in [2.05, 4.69) is 27.7 Å². The van der Waals surface area contributed by atoms with Crippen LogP contribution >= 0.6 is 0 Å². The Bertz CT molecular complexity index is 751. The van der Waals surface area contributed by atoms with Crippen molar-refractivity contribution in [1.29, 1.82) is 0 Å². The van der Waals surface area contributed by atoms with Gasteiger partial charge in [0.25, 0.3) is 0 Å². The van der Waals surface area contributed by atoms with Crippen LogP contribution in [0.1, 0.15) is 240 Å². The zero-order chi connectivity index (χ0) is 36.8. The smallest absolute Gasteiger partial charge is 0.306 e. The van der Waals surface area contributed by atoms with Crippen LogP contribution in [0.3, 0.4) is 0 Å². The number of rotatable bonds is 39. The summed E-state index contributed by atoms with van der Waals surface area (Å²) in [5.41, 5.74) is 0. The van der Waals surface area contributed by atoms with E-state index in [-0.39, 0.29) is 31.1 Å². The summed E-state index contributed by atoms with van der Waals surface area (Å²) in [5, 5.41) is 0. The predicted molar refractivity (Wildman–Crippen MR) is 210 cm³/mol. The van der Waals surface area contributed by atoms with Crippen molar-refractivity contribution in [3.63, 3.8) is 0 Å². The Hall–Kier alpha value is -1.59. The molecular formula is C44H84O6. The minimum absolute atomic E-state index is 0.0660. The molecule has 1 atom stereocenters. The first kappa shape index (κ1) is 48.4. The lowest BCUT2D eigenvalue weighted by Crippen LogP contribution is -2.30. The summed E-state index contributed by atoms with van der Waals surface area (Å²) in [4.78, 5) is 37.3. The van der Waals surface area contributed by atoms with Crippen LogP contribution in [0.2, 0.25) is 0 Å². The highest BCUT2D eigenvalue weighted by Crippen LogP contribution is 2.16. The van der Waals surface area contributed by atoms with Crippen molar-refractivity contribution in [1.82, 2.24) is 0 Å². The van der Waals surface area contributed by atoms with Crippen molar-refractivity contribution >= 4 is 17.9 Å². The highest BCUT2D eigenvalue weighted by molar-refractivity contribution is 5.71. The second-order valence-corrected chi connectivity index (χ2v) is 15.5. The zero-order valence-electron chi connectivity index (χ0n) is 33.9. The van der Waals surface area contributed by atoms with E-state index >= 15 is 0 Å². The molecule has 6 heteroatoms. The Morgan fingerprint density at radius 1 is 0.380 bits per heavy atom. The molecule has 6 nitrogen and oxygen atoms in total. The minimum Gasteiger partial charge on any atom is -0.462 e. The van der Waals surface area contributed by atoms with Crippen LogP contribution < -0.4 is 0 Å². The Labute approximate surface area is 310 Å². The molecule has 0 unspecified atom stereocenters. The molecule has 0 heterocycles. The highest BCUT2D eigenvalue weighted by Gasteiger charge is 2.19. The van der Waals surface area contributed by atoms with Gasteiger partial charge in [0.05, 0.1) is 0 Å². The average Bonchev–Trinajstić information content (AvgIpc) is 3.09. The quantitative estimate of drug-likeness (QED) is 0.0359. The van der Waals surface area contributed by atoms with E-state index in [0.29, 0.717) is 19.3 Å². The van der Waals surface area contributed by atoms with E-state index in [1.54, 1.807) is 0 Å². The van der Waals surface area contributed by atoms with Crippen molar-refractivity contribution in [2.75, 3.05) is 13.2 Å². The monoisotopic (exact) mass is 709 g/mol. The van der Waals surface area contributed by atoms with E-state index in [0.717, 1.165) is 70.1 Å². The molecule has 0 aliphatic heterocycles. The number of ether oxygens (including phenoxy) is 3. The van der Waals surface area contributed by atoms with Crippen LogP contribution in [0.4, 0.5) is 0 Å². The number of hydrogen-bond acceptors (Lipinski definition) is 6. The van der Waals surface area contributed by atoms with Crippen LogP contribution in [0, 0.1) is 5.92 Å². The summed E-state index contributed by atoms with van der Waals surface area (Å²) in [6.45, 7) is 8.86. The van der Waals surface area contributed by atoms with Crippen LogP contribution in [0.5, 0.6) is 0 Å². The van der Waals surface area contributed by atoms with Gasteiger partial charge < -0.3 is 14.2 Å². The van der Waals surface area contributed by atoms with Gasteiger partial charge in [0.2, 0.25) is 0 Å². The zero-order valence-corrected chi connectivity index (χ0v) is 33.9. The molecule has 0 amide bonds. The topological polar surface area (TPSA) is 78.9 Å². The van der Waals surface area contributed by atoms with E-state index in [9.17, 15) is 14.4 Å². The molecule has 0 aromatic carbocycles. The average molecular weight is 709 g/mol. The van der Waals surface area contributed by atoms with Crippen LogP contribution in [0.25, 0.3) is 0 Å². The summed E-state index contributed by atoms with van der Waals surface area (Å²) < 4.78 is 16.6. The van der Waals surface area contributed by atoms with Crippen LogP contribution in [-0.4, -0.2) is 37.2 Å². The van der Waals surface area contributed by atoms with Gasteiger partial charge in [0, 0.05) is 19.3 Å². The largest absolute Gasteiger partial charge is 0.462 e. The maximum Gasteiger partial charge on any atom is 0.306 e. The van der Waals surface area contributed by atoms with Crippen LogP contribution in [-0.2, 0) is 28.6 Å². The highest BCUT2D eigenvalue weighted by atomic mass is 16.6. The number of esters is 3. The number of carbonyl (C=O) groups is 3. The molecule has 0 spiro atoms. The molecule has 0 aromatic heterocycles. The van der Waals surface area contributed by atoms with E-state index < -0.39 is 6.10 Å². The van der Waals surface area contributed by atoms with Gasteiger partial charge in [-0.15, -0.1) is 0 Å². The standard InChI is InChI=1S/C44H84O6/c1-5-7-9-11-12-13-14-15-16-17-18-19-20-21-24-28-31-35-42(45)48-38-41(50-44(47)37-33-26-10-8-6-2)39-49-43(46)36-32-29-25-22-23-27-30-34-40(3)4/h40-41H,5-39H2,1-4H3/t41-/m0/s1. The van der Waals surface area contributed by atoms with Crippen molar-refractivity contribution in [2.24, 2.45) is 5.92 Å². The first-order valence-corrected chi connectivity index (χ1v) is 21.9. The summed E-state index contributed by atoms with van der Waals surface area (Å²) in [7, 11) is 0. The predicted octanol–water partition coefficient (Wildman–Crippen LogP) is 13.6. The minimum atomic E-state index is -0.757. The summed E-state index contributed by atoms with van der Waals surface area (Å²) >= 11 is 0. The lowest BCUT2D eigenvalue weighted by molar-refractivity contribution is -0.167. The fourth-order valence-electron chi connectivity index (χ4n) is 6.45. The third-order valence-corrected chi connectivity index (χ3v) is 9.79. The van der Waals surface area contributed by atoms with E-state index in [4.69, 9.17) is 14.2 Å². The molecular weight excluding hydrogens is 624 g/mol. The van der Waals surface area contributed by atoms with Crippen LogP contribution in [0.15, 0.2) is 0 Å². The van der Waals surface area contributed by atoms with Gasteiger partial charge in [0.1, 0.15) is 13.2 Å². The molecule has 0 aliphatic carbocycles. The molecule has 0 N–H and O–H groups in total. The first-order chi connectivity index (χ1) is 24.4. The van der Waals surface area contributed by atoms with Gasteiger partial charge in [-0.05, 0) is 25.2 Å². The summed E-state index contributed by atoms with van der Waals surface area (Å²) in [6.07, 6.45) is 37.0. The lowest BCUT2D eigenvalue weighted by atomic mass is 10.0. The van der Waals surface area contributed by atoms with Gasteiger partial charge in [0.15, 0.2) is 6.10 Å². The molecule has 0 saturated heterocycles. The van der Waals surface area contributed by atoms with Gasteiger partial charge in [-0.3, -0.25) is 14.4 Å². The third kappa shape index (κ3) is 37.7. The SMILES string of the molecule is CCCCCCCCCCCCCCCCCCCC(=O)OC[C@@H](COC(=O)CCCCCCCCCC(C)C)OC(=O)CCCCCCC. The second-order valence-electron chi connectivity index (χ2n) is 15.5. The molecule has 0 saturated carbocycles. The van der Waals surface area contributed by atoms with Gasteiger partial charge in [-0.1, -0.05) is 201 Å². The fraction of sp³-hybridized carbons (Fsp3) is 0.932. The Kier molecular flexibility index (Phi) is 37.4. The number of unbranched alkanes of at least 4 members (excludes halogenated alkanes) is 26. The molecule has 0 aromatic rings. The maximum atomic E-state index is 12.5. The van der Waals surface area contributed by atoms with E-state index in [1.165, 1.54) is 128 Å². The van der Waals surface area contributed by atoms with Gasteiger partial charge in [-0.2, -0.15) is 0 Å². The Balaban J connectivity index is 4.11. The van der Waals surface area contributed by atoms with Gasteiger partial charge in [-0.25, -0.2) is 0 Å². The molecule has 0 rings (SSSR count).